The van der Waals surface area contributed by atoms with Crippen LogP contribution >= 0.6 is 47.8 Å². The smallest absolute Gasteiger partial charge is 0.226 e. The third kappa shape index (κ3) is 4.03. The Bertz CT molecular complexity index is 476. The van der Waals surface area contributed by atoms with Gasteiger partial charge in [0.05, 0.1) is 5.69 Å². The molecule has 1 aliphatic rings. The van der Waals surface area contributed by atoms with Crippen molar-refractivity contribution < 1.29 is 4.79 Å². The first-order chi connectivity index (χ1) is 8.89. The molecule has 1 aromatic carbocycles. The average molecular weight is 455 g/mol. The Morgan fingerprint density at radius 3 is 2.26 bits per heavy atom. The van der Waals surface area contributed by atoms with Crippen LogP contribution in [0.4, 0.5) is 5.69 Å². The number of hydrogen-bond donors (Lipinski definition) is 2. The van der Waals surface area contributed by atoms with Gasteiger partial charge in [-0.3, -0.25) is 4.79 Å². The van der Waals surface area contributed by atoms with Crippen molar-refractivity contribution in [1.82, 2.24) is 0 Å². The molecule has 0 bridgehead atoms. The van der Waals surface area contributed by atoms with Crippen molar-refractivity contribution in [2.75, 3.05) is 5.32 Å². The van der Waals surface area contributed by atoms with Crippen LogP contribution in [0.3, 0.4) is 0 Å². The SMILES string of the molecule is NC1(CC(=O)Nc2c(Br)cc(Br)cc2Br)CCCC1. The average Bonchev–Trinajstić information content (AvgIpc) is 2.70. The Balaban J connectivity index is 2.07. The van der Waals surface area contributed by atoms with Crippen LogP contribution in [0, 0.1) is 0 Å². The second-order valence-electron chi connectivity index (χ2n) is 5.04. The van der Waals surface area contributed by atoms with E-state index in [-0.39, 0.29) is 11.4 Å². The Morgan fingerprint density at radius 2 is 1.74 bits per heavy atom. The van der Waals surface area contributed by atoms with Gasteiger partial charge in [0.1, 0.15) is 0 Å². The number of nitrogens with one attached hydrogen (secondary N) is 1. The van der Waals surface area contributed by atoms with Gasteiger partial charge >= 0.3 is 0 Å². The number of benzene rings is 1. The van der Waals surface area contributed by atoms with Crippen LogP contribution in [0.2, 0.25) is 0 Å². The largest absolute Gasteiger partial charge is 0.325 e. The zero-order valence-corrected chi connectivity index (χ0v) is 15.1. The summed E-state index contributed by atoms with van der Waals surface area (Å²) in [5.74, 6) is -0.0341. The van der Waals surface area contributed by atoms with Crippen molar-refractivity contribution in [2.45, 2.75) is 37.6 Å². The van der Waals surface area contributed by atoms with E-state index in [0.717, 1.165) is 44.8 Å². The molecule has 0 heterocycles. The van der Waals surface area contributed by atoms with Crippen LogP contribution in [0.25, 0.3) is 0 Å². The molecule has 1 amide bonds. The molecule has 0 unspecified atom stereocenters. The van der Waals surface area contributed by atoms with Crippen LogP contribution in [0.1, 0.15) is 32.1 Å². The van der Waals surface area contributed by atoms with Gasteiger partial charge in [-0.05, 0) is 56.8 Å². The van der Waals surface area contributed by atoms with Crippen molar-refractivity contribution in [3.63, 3.8) is 0 Å². The van der Waals surface area contributed by atoms with E-state index in [9.17, 15) is 4.79 Å². The van der Waals surface area contributed by atoms with E-state index in [2.05, 4.69) is 53.1 Å². The van der Waals surface area contributed by atoms with Crippen molar-refractivity contribution in [3.8, 4) is 0 Å². The molecule has 0 aromatic heterocycles. The van der Waals surface area contributed by atoms with E-state index in [4.69, 9.17) is 5.73 Å². The number of carbonyl (C=O) groups excluding carboxylic acids is 1. The maximum atomic E-state index is 12.1. The molecule has 0 spiro atoms. The molecular weight excluding hydrogens is 440 g/mol. The highest BCUT2D eigenvalue weighted by molar-refractivity contribution is 9.11. The molecule has 0 atom stereocenters. The van der Waals surface area contributed by atoms with Crippen LogP contribution in [0.5, 0.6) is 0 Å². The second kappa shape index (κ2) is 6.24. The van der Waals surface area contributed by atoms with Gasteiger partial charge < -0.3 is 11.1 Å². The number of amides is 1. The van der Waals surface area contributed by atoms with Gasteiger partial charge in [-0.15, -0.1) is 0 Å². The summed E-state index contributed by atoms with van der Waals surface area (Å²) < 4.78 is 2.61. The van der Waals surface area contributed by atoms with E-state index >= 15 is 0 Å². The standard InChI is InChI=1S/C13H15Br3N2O/c14-8-5-9(15)12(10(16)6-8)18-11(19)7-13(17)3-1-2-4-13/h5-6H,1-4,7,17H2,(H,18,19). The Morgan fingerprint density at radius 1 is 1.21 bits per heavy atom. The van der Waals surface area contributed by atoms with E-state index in [1.807, 2.05) is 12.1 Å². The molecule has 1 fully saturated rings. The van der Waals surface area contributed by atoms with E-state index in [1.165, 1.54) is 0 Å². The van der Waals surface area contributed by atoms with Crippen molar-refractivity contribution >= 4 is 59.4 Å². The molecular formula is C13H15Br3N2O. The maximum Gasteiger partial charge on any atom is 0.226 e. The lowest BCUT2D eigenvalue weighted by Crippen LogP contribution is -2.40. The highest BCUT2D eigenvalue weighted by Crippen LogP contribution is 2.35. The fourth-order valence-electron chi connectivity index (χ4n) is 2.42. The van der Waals surface area contributed by atoms with Gasteiger partial charge in [-0.25, -0.2) is 0 Å². The topological polar surface area (TPSA) is 55.1 Å². The minimum absolute atomic E-state index is 0.0341. The quantitative estimate of drug-likeness (QED) is 0.702. The van der Waals surface area contributed by atoms with Gasteiger partial charge in [0.25, 0.3) is 0 Å². The van der Waals surface area contributed by atoms with Gasteiger partial charge in [-0.1, -0.05) is 28.8 Å². The third-order valence-electron chi connectivity index (χ3n) is 3.38. The number of anilines is 1. The number of carbonyl (C=O) groups is 1. The minimum atomic E-state index is -0.321. The predicted molar refractivity (Wildman–Crippen MR) is 88.2 cm³/mol. The minimum Gasteiger partial charge on any atom is -0.325 e. The lowest BCUT2D eigenvalue weighted by Gasteiger charge is -2.23. The first kappa shape index (κ1) is 15.5. The molecule has 0 saturated heterocycles. The molecule has 6 heteroatoms. The van der Waals surface area contributed by atoms with Gasteiger partial charge in [0.2, 0.25) is 5.91 Å². The molecule has 1 saturated carbocycles. The van der Waals surface area contributed by atoms with Crippen LogP contribution in [-0.2, 0) is 4.79 Å². The fraction of sp³-hybridized carbons (Fsp3) is 0.462. The maximum absolute atomic E-state index is 12.1. The molecule has 3 N–H and O–H groups in total. The van der Waals surface area contributed by atoms with E-state index < -0.39 is 0 Å². The first-order valence-electron chi connectivity index (χ1n) is 6.13. The molecule has 1 aliphatic carbocycles. The summed E-state index contributed by atoms with van der Waals surface area (Å²) in [6, 6.07) is 3.79. The van der Waals surface area contributed by atoms with Gasteiger partial charge in [0, 0.05) is 25.4 Å². The molecule has 0 radical (unpaired) electrons. The normalized spacial score (nSPS) is 17.5. The number of halogens is 3. The summed E-state index contributed by atoms with van der Waals surface area (Å²) in [6.45, 7) is 0. The second-order valence-corrected chi connectivity index (χ2v) is 7.66. The van der Waals surface area contributed by atoms with E-state index in [1.54, 1.807) is 0 Å². The summed E-state index contributed by atoms with van der Waals surface area (Å²) >= 11 is 10.3. The van der Waals surface area contributed by atoms with Gasteiger partial charge in [0.15, 0.2) is 0 Å². The summed E-state index contributed by atoms with van der Waals surface area (Å²) in [5.41, 5.74) is 6.65. The fourth-order valence-corrected chi connectivity index (χ4v) is 4.88. The Kier molecular flexibility index (Phi) is 5.09. The Hall–Kier alpha value is 0.0900. The predicted octanol–water partition coefficient (Wildman–Crippen LogP) is 4.57. The van der Waals surface area contributed by atoms with Gasteiger partial charge in [-0.2, -0.15) is 0 Å². The lowest BCUT2D eigenvalue weighted by atomic mass is 9.94. The van der Waals surface area contributed by atoms with Crippen LogP contribution < -0.4 is 11.1 Å². The zero-order chi connectivity index (χ0) is 14.0. The van der Waals surface area contributed by atoms with Crippen LogP contribution in [-0.4, -0.2) is 11.4 Å². The summed E-state index contributed by atoms with van der Waals surface area (Å²) in [4.78, 5) is 12.1. The van der Waals surface area contributed by atoms with E-state index in [0.29, 0.717) is 6.42 Å². The molecule has 1 aromatic rings. The van der Waals surface area contributed by atoms with Crippen molar-refractivity contribution in [1.29, 1.82) is 0 Å². The highest BCUT2D eigenvalue weighted by atomic mass is 79.9. The summed E-state index contributed by atoms with van der Waals surface area (Å²) in [7, 11) is 0. The lowest BCUT2D eigenvalue weighted by molar-refractivity contribution is -0.117. The molecule has 2 rings (SSSR count). The Labute approximate surface area is 138 Å². The highest BCUT2D eigenvalue weighted by Gasteiger charge is 2.31. The molecule has 19 heavy (non-hydrogen) atoms. The third-order valence-corrected chi connectivity index (χ3v) is 5.09. The number of rotatable bonds is 3. The summed E-state index contributed by atoms with van der Waals surface area (Å²) in [5, 5.41) is 2.92. The van der Waals surface area contributed by atoms with Crippen molar-refractivity contribution in [2.24, 2.45) is 5.73 Å². The number of nitrogens with two attached hydrogens (primary N) is 1. The molecule has 104 valence electrons. The van der Waals surface area contributed by atoms with Crippen LogP contribution in [0.15, 0.2) is 25.6 Å². The van der Waals surface area contributed by atoms with Crippen molar-refractivity contribution in [3.05, 3.63) is 25.6 Å². The number of hydrogen-bond acceptors (Lipinski definition) is 2. The summed E-state index contributed by atoms with van der Waals surface area (Å²) in [6.07, 6.45) is 4.49. The monoisotopic (exact) mass is 452 g/mol. The zero-order valence-electron chi connectivity index (χ0n) is 10.3. The first-order valence-corrected chi connectivity index (χ1v) is 8.51. The molecule has 3 nitrogen and oxygen atoms in total. The molecule has 0 aliphatic heterocycles.